The molecule has 0 unspecified atom stereocenters. The predicted molar refractivity (Wildman–Crippen MR) is 72.9 cm³/mol. The van der Waals surface area contributed by atoms with Gasteiger partial charge in [-0.25, -0.2) is 0 Å². The third kappa shape index (κ3) is 4.85. The molecule has 0 heterocycles. The molecule has 0 aliphatic heterocycles. The van der Waals surface area contributed by atoms with E-state index < -0.39 is 8.97 Å². The molecule has 18 heavy (non-hydrogen) atoms. The Bertz CT molecular complexity index is 312. The standard InChI is InChI=1S/C12H22N2O3Si/c1-15-18(16-2,17-3)14-10-9-13-11-12-7-5-4-6-8-12/h4-8,13-14H,9-11H2,1-3H3. The van der Waals surface area contributed by atoms with E-state index in [1.807, 2.05) is 18.2 Å². The highest BCUT2D eigenvalue weighted by Gasteiger charge is 2.38. The van der Waals surface area contributed by atoms with E-state index in [1.54, 1.807) is 21.3 Å². The average Bonchev–Trinajstić information content (AvgIpc) is 2.45. The van der Waals surface area contributed by atoms with Crippen molar-refractivity contribution in [2.45, 2.75) is 6.54 Å². The van der Waals surface area contributed by atoms with E-state index in [4.69, 9.17) is 13.3 Å². The monoisotopic (exact) mass is 270 g/mol. The van der Waals surface area contributed by atoms with Crippen LogP contribution in [0, 0.1) is 0 Å². The minimum atomic E-state index is -2.64. The fraction of sp³-hybridized carbons (Fsp3) is 0.500. The second-order valence-corrected chi connectivity index (χ2v) is 6.45. The second-order valence-electron chi connectivity index (χ2n) is 3.76. The van der Waals surface area contributed by atoms with Crippen LogP contribution in [0.4, 0.5) is 0 Å². The summed E-state index contributed by atoms with van der Waals surface area (Å²) in [4.78, 5) is 3.18. The molecular formula is C12H22N2O3Si. The van der Waals surface area contributed by atoms with Gasteiger partial charge in [-0.1, -0.05) is 30.3 Å². The SMILES string of the molecule is CO[Si](NCCNCc1ccccc1)(OC)OC. The lowest BCUT2D eigenvalue weighted by Crippen LogP contribution is -2.58. The molecule has 0 bridgehead atoms. The Kier molecular flexibility index (Phi) is 7.10. The van der Waals surface area contributed by atoms with Gasteiger partial charge in [0.2, 0.25) is 0 Å². The maximum Gasteiger partial charge on any atom is 0.596 e. The third-order valence-electron chi connectivity index (χ3n) is 2.62. The average molecular weight is 270 g/mol. The van der Waals surface area contributed by atoms with Crippen molar-refractivity contribution in [1.82, 2.24) is 10.3 Å². The van der Waals surface area contributed by atoms with Crippen LogP contribution >= 0.6 is 0 Å². The summed E-state index contributed by atoms with van der Waals surface area (Å²) in [5, 5.41) is 3.34. The van der Waals surface area contributed by atoms with E-state index in [9.17, 15) is 0 Å². The van der Waals surface area contributed by atoms with Crippen LogP contribution in [0.15, 0.2) is 30.3 Å². The highest BCUT2D eigenvalue weighted by atomic mass is 28.4. The normalized spacial score (nSPS) is 11.7. The first-order valence-corrected chi connectivity index (χ1v) is 7.64. The number of hydrogen-bond acceptors (Lipinski definition) is 5. The summed E-state index contributed by atoms with van der Waals surface area (Å²) in [6.07, 6.45) is 0. The third-order valence-corrected chi connectivity index (χ3v) is 4.92. The van der Waals surface area contributed by atoms with Crippen LogP contribution in [0.2, 0.25) is 0 Å². The van der Waals surface area contributed by atoms with Crippen molar-refractivity contribution >= 4 is 8.97 Å². The molecule has 2 N–H and O–H groups in total. The van der Waals surface area contributed by atoms with E-state index in [0.29, 0.717) is 0 Å². The van der Waals surface area contributed by atoms with Crippen LogP contribution in [0.5, 0.6) is 0 Å². The molecule has 1 aromatic rings. The Morgan fingerprint density at radius 2 is 1.56 bits per heavy atom. The molecule has 1 aromatic carbocycles. The molecule has 0 amide bonds. The first-order valence-electron chi connectivity index (χ1n) is 5.91. The van der Waals surface area contributed by atoms with E-state index in [-0.39, 0.29) is 0 Å². The Morgan fingerprint density at radius 3 is 2.11 bits per heavy atom. The molecule has 0 saturated heterocycles. The number of rotatable bonds is 9. The van der Waals surface area contributed by atoms with Gasteiger partial charge in [0.1, 0.15) is 0 Å². The van der Waals surface area contributed by atoms with E-state index >= 15 is 0 Å². The van der Waals surface area contributed by atoms with Crippen LogP contribution in [-0.2, 0) is 19.8 Å². The summed E-state index contributed by atoms with van der Waals surface area (Å²) in [6.45, 7) is 2.40. The minimum absolute atomic E-state index is 0.731. The molecule has 0 aromatic heterocycles. The van der Waals surface area contributed by atoms with Crippen molar-refractivity contribution in [3.05, 3.63) is 35.9 Å². The first-order chi connectivity index (χ1) is 8.76. The molecule has 0 aliphatic rings. The Labute approximate surface area is 110 Å². The second kappa shape index (κ2) is 8.36. The summed E-state index contributed by atoms with van der Waals surface area (Å²) in [5.74, 6) is 0. The van der Waals surface area contributed by atoms with Gasteiger partial charge >= 0.3 is 8.97 Å². The summed E-state index contributed by atoms with van der Waals surface area (Å²) < 4.78 is 15.8. The quantitative estimate of drug-likeness (QED) is 0.512. The molecule has 0 aliphatic carbocycles. The van der Waals surface area contributed by atoms with E-state index in [2.05, 4.69) is 22.4 Å². The molecule has 5 nitrogen and oxygen atoms in total. The Morgan fingerprint density at radius 1 is 0.944 bits per heavy atom. The van der Waals surface area contributed by atoms with Gasteiger partial charge in [0.05, 0.1) is 0 Å². The summed E-state index contributed by atoms with van der Waals surface area (Å²) >= 11 is 0. The molecule has 102 valence electrons. The molecule has 0 saturated carbocycles. The largest absolute Gasteiger partial charge is 0.596 e. The number of hydrogen-bond donors (Lipinski definition) is 2. The van der Waals surface area contributed by atoms with Gasteiger partial charge in [0.25, 0.3) is 0 Å². The Hall–Kier alpha value is -0.763. The highest BCUT2D eigenvalue weighted by molar-refractivity contribution is 6.57. The zero-order valence-electron chi connectivity index (χ0n) is 11.2. The summed E-state index contributed by atoms with van der Waals surface area (Å²) in [7, 11) is 2.12. The van der Waals surface area contributed by atoms with Gasteiger partial charge < -0.3 is 18.6 Å². The minimum Gasteiger partial charge on any atom is -0.364 e. The molecule has 0 spiro atoms. The lowest BCUT2D eigenvalue weighted by Gasteiger charge is -2.24. The summed E-state index contributed by atoms with van der Waals surface area (Å²) in [6, 6.07) is 10.3. The van der Waals surface area contributed by atoms with Crippen LogP contribution in [0.1, 0.15) is 5.56 Å². The maximum absolute atomic E-state index is 5.26. The molecule has 0 fully saturated rings. The smallest absolute Gasteiger partial charge is 0.364 e. The highest BCUT2D eigenvalue weighted by Crippen LogP contribution is 2.00. The lowest BCUT2D eigenvalue weighted by molar-refractivity contribution is 0.110. The van der Waals surface area contributed by atoms with Crippen LogP contribution in [-0.4, -0.2) is 43.4 Å². The van der Waals surface area contributed by atoms with E-state index in [0.717, 1.165) is 19.6 Å². The first kappa shape index (κ1) is 15.3. The molecule has 0 atom stereocenters. The van der Waals surface area contributed by atoms with Gasteiger partial charge in [-0.05, 0) is 5.56 Å². The van der Waals surface area contributed by atoms with E-state index in [1.165, 1.54) is 5.56 Å². The topological polar surface area (TPSA) is 51.8 Å². The fourth-order valence-electron chi connectivity index (χ4n) is 1.60. The zero-order chi connectivity index (χ0) is 13.3. The van der Waals surface area contributed by atoms with Crippen molar-refractivity contribution < 1.29 is 13.3 Å². The van der Waals surface area contributed by atoms with Crippen molar-refractivity contribution in [1.29, 1.82) is 0 Å². The molecule has 6 heteroatoms. The molecule has 0 radical (unpaired) electrons. The lowest BCUT2D eigenvalue weighted by atomic mass is 10.2. The fourth-order valence-corrected chi connectivity index (χ4v) is 2.96. The van der Waals surface area contributed by atoms with Crippen molar-refractivity contribution in [2.24, 2.45) is 0 Å². The van der Waals surface area contributed by atoms with Crippen molar-refractivity contribution in [3.8, 4) is 0 Å². The number of nitrogens with one attached hydrogen (secondary N) is 2. The van der Waals surface area contributed by atoms with Crippen LogP contribution < -0.4 is 10.3 Å². The summed E-state index contributed by atoms with van der Waals surface area (Å²) in [5.41, 5.74) is 1.27. The van der Waals surface area contributed by atoms with Gasteiger partial charge in [-0.15, -0.1) is 0 Å². The van der Waals surface area contributed by atoms with Crippen molar-refractivity contribution in [3.63, 3.8) is 0 Å². The van der Waals surface area contributed by atoms with Gasteiger partial charge in [0, 0.05) is 41.0 Å². The maximum atomic E-state index is 5.26. The van der Waals surface area contributed by atoms with Crippen molar-refractivity contribution in [2.75, 3.05) is 34.4 Å². The van der Waals surface area contributed by atoms with Crippen LogP contribution in [0.25, 0.3) is 0 Å². The number of benzene rings is 1. The van der Waals surface area contributed by atoms with Crippen LogP contribution in [0.3, 0.4) is 0 Å². The van der Waals surface area contributed by atoms with Gasteiger partial charge in [-0.3, -0.25) is 4.98 Å². The zero-order valence-corrected chi connectivity index (χ0v) is 12.2. The molecule has 1 rings (SSSR count). The van der Waals surface area contributed by atoms with Gasteiger partial charge in [-0.2, -0.15) is 0 Å². The molecular weight excluding hydrogens is 248 g/mol. The Balaban J connectivity index is 2.18. The predicted octanol–water partition coefficient (Wildman–Crippen LogP) is 0.741. The van der Waals surface area contributed by atoms with Gasteiger partial charge in [0.15, 0.2) is 0 Å².